The molecule has 0 spiro atoms. The van der Waals surface area contributed by atoms with E-state index in [2.05, 4.69) is 30.0 Å². The highest BCUT2D eigenvalue weighted by Gasteiger charge is 2.25. The molecule has 0 aliphatic carbocycles. The van der Waals surface area contributed by atoms with Crippen molar-refractivity contribution in [3.05, 3.63) is 59.2 Å². The van der Waals surface area contributed by atoms with Crippen molar-refractivity contribution in [2.24, 2.45) is 11.8 Å². The molecule has 0 fully saturated rings. The molecule has 0 aromatic heterocycles. The second-order valence-corrected chi connectivity index (χ2v) is 8.90. The summed E-state index contributed by atoms with van der Waals surface area (Å²) < 4.78 is 11.1. The van der Waals surface area contributed by atoms with Crippen molar-refractivity contribution in [1.82, 2.24) is 16.2 Å². The van der Waals surface area contributed by atoms with Gasteiger partial charge in [0, 0.05) is 11.1 Å². The van der Waals surface area contributed by atoms with Gasteiger partial charge in [0.25, 0.3) is 17.7 Å². The smallest absolute Gasteiger partial charge is 0.269 e. The van der Waals surface area contributed by atoms with Gasteiger partial charge in [0.15, 0.2) is 11.5 Å². The SMILES string of the molecule is COc1cc(C(=O)NNC(=O)C(NC(=O)c2cccc(C)c2)C(C)C)ccc1OCCC(C)C. The van der Waals surface area contributed by atoms with Crippen LogP contribution >= 0.6 is 0 Å². The van der Waals surface area contributed by atoms with Crippen LogP contribution < -0.4 is 25.6 Å². The average Bonchev–Trinajstić information content (AvgIpc) is 2.80. The maximum Gasteiger partial charge on any atom is 0.269 e. The normalized spacial score (nSPS) is 11.6. The van der Waals surface area contributed by atoms with Gasteiger partial charge in [-0.1, -0.05) is 45.4 Å². The van der Waals surface area contributed by atoms with E-state index >= 15 is 0 Å². The molecule has 0 radical (unpaired) electrons. The summed E-state index contributed by atoms with van der Waals surface area (Å²) in [5.41, 5.74) is 6.50. The largest absolute Gasteiger partial charge is 0.493 e. The summed E-state index contributed by atoms with van der Waals surface area (Å²) in [6.07, 6.45) is 0.898. The maximum atomic E-state index is 12.7. The second-order valence-electron chi connectivity index (χ2n) is 8.90. The molecular weight excluding hydrogens is 434 g/mol. The lowest BCUT2D eigenvalue weighted by molar-refractivity contribution is -0.124. The van der Waals surface area contributed by atoms with Crippen LogP contribution in [-0.4, -0.2) is 37.5 Å². The lowest BCUT2D eigenvalue weighted by Gasteiger charge is -2.22. The van der Waals surface area contributed by atoms with E-state index in [1.54, 1.807) is 36.4 Å². The standard InChI is InChI=1S/C26H35N3O5/c1-16(2)12-13-34-21-11-10-20(15-22(21)33-6)25(31)28-29-26(32)23(17(3)4)27-24(30)19-9-7-8-18(5)14-19/h7-11,14-17,23H,12-13H2,1-6H3,(H,27,30)(H,28,31)(H,29,32). The van der Waals surface area contributed by atoms with Crippen LogP contribution in [0.4, 0.5) is 0 Å². The highest BCUT2D eigenvalue weighted by Crippen LogP contribution is 2.28. The summed E-state index contributed by atoms with van der Waals surface area (Å²) in [6, 6.07) is 11.1. The van der Waals surface area contributed by atoms with E-state index in [0.717, 1.165) is 12.0 Å². The van der Waals surface area contributed by atoms with Crippen molar-refractivity contribution in [3.8, 4) is 11.5 Å². The fourth-order valence-electron chi connectivity index (χ4n) is 3.15. The van der Waals surface area contributed by atoms with Crippen LogP contribution in [0.2, 0.25) is 0 Å². The molecule has 1 atom stereocenters. The Kier molecular flexibility index (Phi) is 9.92. The van der Waals surface area contributed by atoms with Crippen LogP contribution in [0.5, 0.6) is 11.5 Å². The predicted octanol–water partition coefficient (Wildman–Crippen LogP) is 3.64. The third kappa shape index (κ3) is 7.79. The topological polar surface area (TPSA) is 106 Å². The van der Waals surface area contributed by atoms with Gasteiger partial charge in [-0.3, -0.25) is 25.2 Å². The van der Waals surface area contributed by atoms with E-state index in [1.807, 2.05) is 26.8 Å². The zero-order valence-electron chi connectivity index (χ0n) is 20.7. The van der Waals surface area contributed by atoms with Crippen molar-refractivity contribution in [2.45, 2.75) is 47.1 Å². The molecule has 3 N–H and O–H groups in total. The summed E-state index contributed by atoms with van der Waals surface area (Å²) in [5.74, 6) is -0.126. The maximum absolute atomic E-state index is 12.7. The quantitative estimate of drug-likeness (QED) is 0.461. The van der Waals surface area contributed by atoms with Gasteiger partial charge in [-0.05, 0) is 55.5 Å². The zero-order valence-corrected chi connectivity index (χ0v) is 20.7. The van der Waals surface area contributed by atoms with Gasteiger partial charge in [0.05, 0.1) is 13.7 Å². The molecule has 3 amide bonds. The molecule has 2 aromatic carbocycles. The number of amides is 3. The summed E-state index contributed by atoms with van der Waals surface area (Å²) >= 11 is 0. The van der Waals surface area contributed by atoms with E-state index in [4.69, 9.17) is 9.47 Å². The number of hydrazine groups is 1. The molecule has 184 valence electrons. The fraction of sp³-hybridized carbons (Fsp3) is 0.423. The molecule has 0 aliphatic heterocycles. The minimum Gasteiger partial charge on any atom is -0.493 e. The number of carbonyl (C=O) groups excluding carboxylic acids is 3. The van der Waals surface area contributed by atoms with E-state index in [0.29, 0.717) is 35.2 Å². The molecule has 0 saturated heterocycles. The minimum atomic E-state index is -0.834. The molecule has 0 saturated carbocycles. The third-order valence-electron chi connectivity index (χ3n) is 5.19. The minimum absolute atomic E-state index is 0.201. The van der Waals surface area contributed by atoms with E-state index in [9.17, 15) is 14.4 Å². The molecular formula is C26H35N3O5. The summed E-state index contributed by atoms with van der Waals surface area (Å²) in [7, 11) is 1.50. The Morgan fingerprint density at radius 3 is 2.21 bits per heavy atom. The van der Waals surface area contributed by atoms with E-state index in [1.165, 1.54) is 7.11 Å². The highest BCUT2D eigenvalue weighted by atomic mass is 16.5. The van der Waals surface area contributed by atoms with Gasteiger partial charge in [-0.25, -0.2) is 0 Å². The Labute approximate surface area is 201 Å². The van der Waals surface area contributed by atoms with Crippen LogP contribution in [-0.2, 0) is 4.79 Å². The molecule has 0 bridgehead atoms. The first-order chi connectivity index (χ1) is 16.1. The van der Waals surface area contributed by atoms with Crippen molar-refractivity contribution in [2.75, 3.05) is 13.7 Å². The molecule has 8 heteroatoms. The number of nitrogens with one attached hydrogen (secondary N) is 3. The van der Waals surface area contributed by atoms with Gasteiger partial charge in [0.2, 0.25) is 0 Å². The highest BCUT2D eigenvalue weighted by molar-refractivity contribution is 5.99. The molecule has 8 nitrogen and oxygen atoms in total. The summed E-state index contributed by atoms with van der Waals surface area (Å²) in [4.78, 5) is 37.9. The first kappa shape index (κ1) is 26.7. The van der Waals surface area contributed by atoms with Gasteiger partial charge >= 0.3 is 0 Å². The van der Waals surface area contributed by atoms with Crippen molar-refractivity contribution >= 4 is 17.7 Å². The molecule has 2 rings (SSSR count). The second kappa shape index (κ2) is 12.6. The predicted molar refractivity (Wildman–Crippen MR) is 131 cm³/mol. The van der Waals surface area contributed by atoms with Crippen LogP contribution in [0.1, 0.15) is 60.4 Å². The third-order valence-corrected chi connectivity index (χ3v) is 5.19. The van der Waals surface area contributed by atoms with Gasteiger partial charge < -0.3 is 14.8 Å². The average molecular weight is 470 g/mol. The van der Waals surface area contributed by atoms with Gasteiger partial charge in [-0.15, -0.1) is 0 Å². The van der Waals surface area contributed by atoms with E-state index in [-0.39, 0.29) is 11.8 Å². The number of methoxy groups -OCH3 is 1. The first-order valence-corrected chi connectivity index (χ1v) is 11.4. The zero-order chi connectivity index (χ0) is 25.3. The Morgan fingerprint density at radius 2 is 1.59 bits per heavy atom. The lowest BCUT2D eigenvalue weighted by Crippen LogP contribution is -2.54. The molecule has 0 heterocycles. The van der Waals surface area contributed by atoms with Crippen molar-refractivity contribution < 1.29 is 23.9 Å². The monoisotopic (exact) mass is 469 g/mol. The van der Waals surface area contributed by atoms with Gasteiger partial charge in [0.1, 0.15) is 6.04 Å². The number of rotatable bonds is 10. The summed E-state index contributed by atoms with van der Waals surface area (Å²) in [5, 5.41) is 2.74. The van der Waals surface area contributed by atoms with Crippen LogP contribution in [0.3, 0.4) is 0 Å². The van der Waals surface area contributed by atoms with Crippen LogP contribution in [0.25, 0.3) is 0 Å². The Morgan fingerprint density at radius 1 is 0.882 bits per heavy atom. The molecule has 2 aromatic rings. The number of hydrogen-bond donors (Lipinski definition) is 3. The van der Waals surface area contributed by atoms with Crippen LogP contribution in [0, 0.1) is 18.8 Å². The Balaban J connectivity index is 2.00. The number of ether oxygens (including phenoxy) is 2. The number of carbonyl (C=O) groups is 3. The molecule has 34 heavy (non-hydrogen) atoms. The molecule has 0 aliphatic rings. The summed E-state index contributed by atoms with van der Waals surface area (Å²) in [6.45, 7) is 10.3. The van der Waals surface area contributed by atoms with Gasteiger partial charge in [-0.2, -0.15) is 0 Å². The Bertz CT molecular complexity index is 1000. The van der Waals surface area contributed by atoms with Crippen molar-refractivity contribution in [1.29, 1.82) is 0 Å². The van der Waals surface area contributed by atoms with Crippen molar-refractivity contribution in [3.63, 3.8) is 0 Å². The number of benzene rings is 2. The van der Waals surface area contributed by atoms with E-state index < -0.39 is 17.9 Å². The fourth-order valence-corrected chi connectivity index (χ4v) is 3.15. The molecule has 1 unspecified atom stereocenters. The van der Waals surface area contributed by atoms with Crippen LogP contribution in [0.15, 0.2) is 42.5 Å². The lowest BCUT2D eigenvalue weighted by atomic mass is 10.0. The number of aryl methyl sites for hydroxylation is 1. The first-order valence-electron chi connectivity index (χ1n) is 11.4. The number of hydrogen-bond acceptors (Lipinski definition) is 5. The Hall–Kier alpha value is -3.55.